The van der Waals surface area contributed by atoms with Crippen LogP contribution in [0.15, 0.2) is 54.6 Å². The second kappa shape index (κ2) is 5.06. The zero-order chi connectivity index (χ0) is 14.2. The van der Waals surface area contributed by atoms with Gasteiger partial charge in [-0.15, -0.1) is 0 Å². The molecule has 2 atom stereocenters. The van der Waals surface area contributed by atoms with E-state index in [1.807, 2.05) is 0 Å². The first kappa shape index (κ1) is 13.4. The molecule has 1 aliphatic carbocycles. The lowest BCUT2D eigenvalue weighted by Gasteiger charge is -2.21. The van der Waals surface area contributed by atoms with Gasteiger partial charge < -0.3 is 4.90 Å². The van der Waals surface area contributed by atoms with Crippen LogP contribution in [0.3, 0.4) is 0 Å². The van der Waals surface area contributed by atoms with Crippen LogP contribution in [-0.4, -0.2) is 25.5 Å². The monoisotopic (exact) mass is 265 g/mol. The fourth-order valence-corrected chi connectivity index (χ4v) is 3.52. The van der Waals surface area contributed by atoms with Gasteiger partial charge in [0.1, 0.15) is 0 Å². The number of hydrogen-bond donors (Lipinski definition) is 0. The molecule has 1 aliphatic rings. The van der Waals surface area contributed by atoms with Gasteiger partial charge in [-0.25, -0.2) is 0 Å². The molecule has 0 heterocycles. The summed E-state index contributed by atoms with van der Waals surface area (Å²) in [5.41, 5.74) is 4.54. The molecule has 0 spiro atoms. The van der Waals surface area contributed by atoms with Crippen LogP contribution in [0, 0.1) is 12.8 Å². The van der Waals surface area contributed by atoms with E-state index in [-0.39, 0.29) is 5.41 Å². The highest BCUT2D eigenvalue weighted by molar-refractivity contribution is 5.48. The lowest BCUT2D eigenvalue weighted by atomic mass is 9.85. The van der Waals surface area contributed by atoms with Crippen LogP contribution in [0.4, 0.5) is 0 Å². The topological polar surface area (TPSA) is 3.24 Å². The van der Waals surface area contributed by atoms with Gasteiger partial charge in [-0.2, -0.15) is 0 Å². The molecule has 2 unspecified atom stereocenters. The van der Waals surface area contributed by atoms with E-state index < -0.39 is 0 Å². The summed E-state index contributed by atoms with van der Waals surface area (Å²) in [6, 6.07) is 20.1. The molecular weight excluding hydrogens is 242 g/mol. The summed E-state index contributed by atoms with van der Waals surface area (Å²) in [5.74, 6) is 0.724. The first-order valence-corrected chi connectivity index (χ1v) is 7.40. The summed E-state index contributed by atoms with van der Waals surface area (Å²) in [7, 11) is 4.34. The van der Waals surface area contributed by atoms with Crippen molar-refractivity contribution < 1.29 is 0 Å². The largest absolute Gasteiger partial charge is 0.309 e. The summed E-state index contributed by atoms with van der Waals surface area (Å²) < 4.78 is 0. The molecule has 0 N–H and O–H groups in total. The van der Waals surface area contributed by atoms with Gasteiger partial charge in [0.2, 0.25) is 0 Å². The predicted octanol–water partition coefficient (Wildman–Crippen LogP) is 3.86. The normalized spacial score (nSPS) is 24.9. The Labute approximate surface area is 122 Å². The Morgan fingerprint density at radius 1 is 1.00 bits per heavy atom. The molecule has 2 aromatic rings. The summed E-state index contributed by atoms with van der Waals surface area (Å²) >= 11 is 0. The average molecular weight is 265 g/mol. The van der Waals surface area contributed by atoms with E-state index in [1.165, 1.54) is 23.1 Å². The minimum Gasteiger partial charge on any atom is -0.309 e. The fraction of sp³-hybridized carbons (Fsp3) is 0.368. The Hall–Kier alpha value is -1.60. The Balaban J connectivity index is 2.03. The van der Waals surface area contributed by atoms with Gasteiger partial charge in [0.15, 0.2) is 0 Å². The molecule has 104 valence electrons. The van der Waals surface area contributed by atoms with Crippen LogP contribution < -0.4 is 0 Å². The maximum Gasteiger partial charge on any atom is 0.0247 e. The molecule has 0 saturated heterocycles. The van der Waals surface area contributed by atoms with Crippen molar-refractivity contribution in [2.45, 2.75) is 18.8 Å². The van der Waals surface area contributed by atoms with Crippen molar-refractivity contribution in [3.8, 4) is 0 Å². The number of benzene rings is 2. The van der Waals surface area contributed by atoms with E-state index in [2.05, 4.69) is 80.5 Å². The second-order valence-corrected chi connectivity index (χ2v) is 6.37. The number of nitrogens with zero attached hydrogens (tertiary/aromatic N) is 1. The van der Waals surface area contributed by atoms with Gasteiger partial charge >= 0.3 is 0 Å². The first-order valence-electron chi connectivity index (χ1n) is 7.40. The molecule has 0 amide bonds. The highest BCUT2D eigenvalue weighted by atomic mass is 15.1. The lowest BCUT2D eigenvalue weighted by molar-refractivity contribution is 0.377. The molecule has 1 heteroatoms. The summed E-state index contributed by atoms with van der Waals surface area (Å²) in [5, 5.41) is 0. The molecule has 0 aliphatic heterocycles. The molecule has 2 aromatic carbocycles. The second-order valence-electron chi connectivity index (χ2n) is 6.37. The van der Waals surface area contributed by atoms with E-state index in [1.54, 1.807) is 0 Å². The van der Waals surface area contributed by atoms with E-state index in [0.717, 1.165) is 12.5 Å². The molecule has 1 saturated carbocycles. The molecule has 1 fully saturated rings. The zero-order valence-corrected chi connectivity index (χ0v) is 12.6. The van der Waals surface area contributed by atoms with Crippen LogP contribution in [0.1, 0.15) is 23.1 Å². The minimum absolute atomic E-state index is 0.234. The SMILES string of the molecule is Cc1cccc(C2(c3ccccc3)CC2CN(C)C)c1. The molecule has 1 nitrogen and oxygen atoms in total. The highest BCUT2D eigenvalue weighted by Gasteiger charge is 2.56. The quantitative estimate of drug-likeness (QED) is 0.811. The number of aryl methyl sites for hydroxylation is 1. The van der Waals surface area contributed by atoms with Crippen molar-refractivity contribution in [3.63, 3.8) is 0 Å². The van der Waals surface area contributed by atoms with Crippen LogP contribution in [0.25, 0.3) is 0 Å². The Bertz CT molecular complexity index is 588. The summed E-state index contributed by atoms with van der Waals surface area (Å²) in [6.07, 6.45) is 1.26. The maximum absolute atomic E-state index is 2.36. The van der Waals surface area contributed by atoms with E-state index >= 15 is 0 Å². The molecule has 0 aromatic heterocycles. The third kappa shape index (κ3) is 2.27. The van der Waals surface area contributed by atoms with Gasteiger partial charge in [0.25, 0.3) is 0 Å². The van der Waals surface area contributed by atoms with E-state index in [9.17, 15) is 0 Å². The lowest BCUT2D eigenvalue weighted by Crippen LogP contribution is -2.21. The smallest absolute Gasteiger partial charge is 0.0247 e. The standard InChI is InChI=1S/C19H23N/c1-15-8-7-11-17(12-15)19(13-18(19)14-20(2)3)16-9-5-4-6-10-16/h4-12,18H,13-14H2,1-3H3. The molecule has 0 bridgehead atoms. The highest BCUT2D eigenvalue weighted by Crippen LogP contribution is 2.59. The summed E-state index contributed by atoms with van der Waals surface area (Å²) in [4.78, 5) is 2.31. The average Bonchev–Trinajstić information content (AvgIpc) is 3.14. The van der Waals surface area contributed by atoms with Gasteiger partial charge in [-0.05, 0) is 44.5 Å². The molecule has 20 heavy (non-hydrogen) atoms. The van der Waals surface area contributed by atoms with Gasteiger partial charge in [-0.1, -0.05) is 60.2 Å². The predicted molar refractivity (Wildman–Crippen MR) is 85.1 cm³/mol. The Kier molecular flexibility index (Phi) is 3.39. The van der Waals surface area contributed by atoms with Crippen molar-refractivity contribution in [1.82, 2.24) is 4.90 Å². The first-order chi connectivity index (χ1) is 9.63. The van der Waals surface area contributed by atoms with E-state index in [4.69, 9.17) is 0 Å². The number of rotatable bonds is 4. The van der Waals surface area contributed by atoms with Gasteiger partial charge in [-0.3, -0.25) is 0 Å². The minimum atomic E-state index is 0.234. The molecule has 3 rings (SSSR count). The van der Waals surface area contributed by atoms with Crippen molar-refractivity contribution >= 4 is 0 Å². The summed E-state index contributed by atoms with van der Waals surface area (Å²) in [6.45, 7) is 3.34. The van der Waals surface area contributed by atoms with Crippen molar-refractivity contribution in [2.24, 2.45) is 5.92 Å². The van der Waals surface area contributed by atoms with Crippen molar-refractivity contribution in [1.29, 1.82) is 0 Å². The van der Waals surface area contributed by atoms with Crippen LogP contribution in [-0.2, 0) is 5.41 Å². The molecular formula is C19H23N. The Morgan fingerprint density at radius 3 is 2.35 bits per heavy atom. The van der Waals surface area contributed by atoms with E-state index in [0.29, 0.717) is 0 Å². The fourth-order valence-electron chi connectivity index (χ4n) is 3.52. The Morgan fingerprint density at radius 2 is 1.70 bits per heavy atom. The van der Waals surface area contributed by atoms with Gasteiger partial charge in [0, 0.05) is 12.0 Å². The third-order valence-electron chi connectivity index (χ3n) is 4.51. The van der Waals surface area contributed by atoms with Crippen LogP contribution >= 0.6 is 0 Å². The molecule has 0 radical (unpaired) electrons. The van der Waals surface area contributed by atoms with Crippen LogP contribution in [0.5, 0.6) is 0 Å². The van der Waals surface area contributed by atoms with Crippen molar-refractivity contribution in [2.75, 3.05) is 20.6 Å². The number of hydrogen-bond acceptors (Lipinski definition) is 1. The van der Waals surface area contributed by atoms with Gasteiger partial charge in [0.05, 0.1) is 0 Å². The zero-order valence-electron chi connectivity index (χ0n) is 12.6. The third-order valence-corrected chi connectivity index (χ3v) is 4.51. The maximum atomic E-state index is 2.36. The van der Waals surface area contributed by atoms with Crippen molar-refractivity contribution in [3.05, 3.63) is 71.3 Å². The van der Waals surface area contributed by atoms with Crippen LogP contribution in [0.2, 0.25) is 0 Å².